The van der Waals surface area contributed by atoms with Gasteiger partial charge in [0.1, 0.15) is 5.75 Å². The van der Waals surface area contributed by atoms with Crippen molar-refractivity contribution in [2.45, 2.75) is 12.5 Å². The summed E-state index contributed by atoms with van der Waals surface area (Å²) >= 11 is 1.87. The number of nitrogens with one attached hydrogen (secondary N) is 2. The maximum absolute atomic E-state index is 12.4. The van der Waals surface area contributed by atoms with Crippen LogP contribution >= 0.6 is 11.8 Å². The van der Waals surface area contributed by atoms with Crippen LogP contribution in [-0.2, 0) is 14.3 Å². The van der Waals surface area contributed by atoms with Crippen molar-refractivity contribution in [3.8, 4) is 5.75 Å². The summed E-state index contributed by atoms with van der Waals surface area (Å²) in [5, 5.41) is 8.07. The van der Waals surface area contributed by atoms with Crippen molar-refractivity contribution in [2.75, 3.05) is 37.1 Å². The molecule has 1 amide bonds. The third kappa shape index (κ3) is 4.68. The molecular formula is C19H22N2O4S. The Bertz CT molecular complexity index is 790. The second-order valence-corrected chi connectivity index (χ2v) is 7.15. The first-order chi connectivity index (χ1) is 12.7. The first kappa shape index (κ1) is 18.5. The molecule has 1 heterocycles. The molecule has 1 saturated heterocycles. The second-order valence-electron chi connectivity index (χ2n) is 6.00. The Kier molecular flexibility index (Phi) is 6.35. The van der Waals surface area contributed by atoms with Gasteiger partial charge in [0.05, 0.1) is 7.11 Å². The summed E-state index contributed by atoms with van der Waals surface area (Å²) in [6, 6.07) is 11.4. The van der Waals surface area contributed by atoms with E-state index in [0.29, 0.717) is 12.2 Å². The van der Waals surface area contributed by atoms with Crippen LogP contribution in [0.25, 0.3) is 10.8 Å². The van der Waals surface area contributed by atoms with E-state index in [1.54, 1.807) is 12.1 Å². The lowest BCUT2D eigenvalue weighted by Gasteiger charge is -2.22. The Morgan fingerprint density at radius 3 is 2.77 bits per heavy atom. The van der Waals surface area contributed by atoms with Gasteiger partial charge in [-0.1, -0.05) is 24.3 Å². The molecule has 138 valence electrons. The Labute approximate surface area is 156 Å². The third-order valence-corrected chi connectivity index (χ3v) is 5.29. The average molecular weight is 374 g/mol. The van der Waals surface area contributed by atoms with Crippen LogP contribution < -0.4 is 15.4 Å². The molecule has 1 aliphatic heterocycles. The van der Waals surface area contributed by atoms with Crippen LogP contribution in [0.3, 0.4) is 0 Å². The van der Waals surface area contributed by atoms with E-state index in [0.717, 1.165) is 34.5 Å². The molecule has 2 aromatic rings. The normalized spacial score (nSPS) is 16.9. The van der Waals surface area contributed by atoms with E-state index in [4.69, 9.17) is 4.74 Å². The molecule has 0 spiro atoms. The lowest BCUT2D eigenvalue weighted by Crippen LogP contribution is -2.39. The van der Waals surface area contributed by atoms with E-state index < -0.39 is 5.97 Å². The van der Waals surface area contributed by atoms with Crippen LogP contribution in [-0.4, -0.2) is 49.7 Å². The van der Waals surface area contributed by atoms with Crippen LogP contribution in [0.1, 0.15) is 6.42 Å². The Morgan fingerprint density at radius 1 is 1.23 bits per heavy atom. The highest BCUT2D eigenvalue weighted by Gasteiger charge is 2.17. The number of rotatable bonds is 6. The quantitative estimate of drug-likeness (QED) is 0.757. The lowest BCUT2D eigenvalue weighted by atomic mass is 10.1. The number of benzene rings is 2. The monoisotopic (exact) mass is 374 g/mol. The number of fused-ring (bicyclic) bond motifs is 1. The van der Waals surface area contributed by atoms with Gasteiger partial charge in [0, 0.05) is 47.0 Å². The van der Waals surface area contributed by atoms with Gasteiger partial charge in [0.25, 0.3) is 0 Å². The molecule has 1 atom stereocenters. The van der Waals surface area contributed by atoms with Crippen molar-refractivity contribution in [3.63, 3.8) is 0 Å². The van der Waals surface area contributed by atoms with Gasteiger partial charge in [-0.2, -0.15) is 11.8 Å². The summed E-state index contributed by atoms with van der Waals surface area (Å²) in [6.07, 6.45) is 0.446. The molecule has 1 fully saturated rings. The summed E-state index contributed by atoms with van der Waals surface area (Å²) in [7, 11) is 1.32. The number of amides is 1. The van der Waals surface area contributed by atoms with Crippen LogP contribution in [0.15, 0.2) is 36.4 Å². The maximum atomic E-state index is 12.4. The zero-order valence-corrected chi connectivity index (χ0v) is 15.4. The molecule has 6 nitrogen and oxygen atoms in total. The van der Waals surface area contributed by atoms with Crippen molar-refractivity contribution < 1.29 is 19.1 Å². The Hall–Kier alpha value is -2.25. The standard InChI is InChI=1S/C19H22N2O4S/c1-24-19(23)11-25-17-7-6-16(14-4-2-3-5-15(14)17)21-18(22)10-13-12-26-9-8-20-13/h2-7,13,20H,8-12H2,1H3,(H,21,22). The average Bonchev–Trinajstić information content (AvgIpc) is 2.67. The van der Waals surface area contributed by atoms with Gasteiger partial charge >= 0.3 is 5.97 Å². The number of carbonyl (C=O) groups is 2. The van der Waals surface area contributed by atoms with Gasteiger partial charge in [-0.25, -0.2) is 4.79 Å². The maximum Gasteiger partial charge on any atom is 0.343 e. The van der Waals surface area contributed by atoms with Gasteiger partial charge in [-0.3, -0.25) is 4.79 Å². The topological polar surface area (TPSA) is 76.7 Å². The first-order valence-corrected chi connectivity index (χ1v) is 9.65. The Morgan fingerprint density at radius 2 is 2.04 bits per heavy atom. The molecule has 2 N–H and O–H groups in total. The van der Waals surface area contributed by atoms with Crippen molar-refractivity contribution in [2.24, 2.45) is 0 Å². The van der Waals surface area contributed by atoms with E-state index >= 15 is 0 Å². The molecule has 1 unspecified atom stereocenters. The van der Waals surface area contributed by atoms with Crippen LogP contribution in [0.2, 0.25) is 0 Å². The molecule has 0 saturated carbocycles. The van der Waals surface area contributed by atoms with Crippen LogP contribution in [0, 0.1) is 0 Å². The summed E-state index contributed by atoms with van der Waals surface area (Å²) in [4.78, 5) is 23.7. The highest BCUT2D eigenvalue weighted by Crippen LogP contribution is 2.31. The minimum absolute atomic E-state index is 0.0154. The predicted octanol–water partition coefficient (Wildman–Crippen LogP) is 2.43. The van der Waals surface area contributed by atoms with Crippen molar-refractivity contribution >= 4 is 40.1 Å². The van der Waals surface area contributed by atoms with Gasteiger partial charge < -0.3 is 20.1 Å². The molecule has 1 aliphatic rings. The third-order valence-electron chi connectivity index (χ3n) is 4.16. The minimum atomic E-state index is -0.440. The van der Waals surface area contributed by atoms with Gasteiger partial charge in [0.15, 0.2) is 6.61 Å². The number of hydrogen-bond donors (Lipinski definition) is 2. The lowest BCUT2D eigenvalue weighted by molar-refractivity contribution is -0.142. The van der Waals surface area contributed by atoms with Crippen LogP contribution in [0.5, 0.6) is 5.75 Å². The number of hydrogen-bond acceptors (Lipinski definition) is 6. The minimum Gasteiger partial charge on any atom is -0.481 e. The fourth-order valence-corrected chi connectivity index (χ4v) is 3.83. The van der Waals surface area contributed by atoms with Gasteiger partial charge in [-0.15, -0.1) is 0 Å². The van der Waals surface area contributed by atoms with E-state index in [-0.39, 0.29) is 18.6 Å². The summed E-state index contributed by atoms with van der Waals surface area (Å²) in [5.74, 6) is 2.17. The van der Waals surface area contributed by atoms with Crippen molar-refractivity contribution in [3.05, 3.63) is 36.4 Å². The molecule has 2 aromatic carbocycles. The highest BCUT2D eigenvalue weighted by molar-refractivity contribution is 7.99. The zero-order chi connectivity index (χ0) is 18.4. The summed E-state index contributed by atoms with van der Waals surface area (Å²) < 4.78 is 10.2. The molecule has 0 aromatic heterocycles. The van der Waals surface area contributed by atoms with Gasteiger partial charge in [0.2, 0.25) is 5.91 Å². The fraction of sp³-hybridized carbons (Fsp3) is 0.368. The molecular weight excluding hydrogens is 352 g/mol. The van der Waals surface area contributed by atoms with Crippen LogP contribution in [0.4, 0.5) is 5.69 Å². The number of carbonyl (C=O) groups excluding carboxylic acids is 2. The fourth-order valence-electron chi connectivity index (χ4n) is 2.88. The van der Waals surface area contributed by atoms with E-state index in [9.17, 15) is 9.59 Å². The van der Waals surface area contributed by atoms with E-state index in [1.807, 2.05) is 36.0 Å². The number of methoxy groups -OCH3 is 1. The molecule has 26 heavy (non-hydrogen) atoms. The summed E-state index contributed by atoms with van der Waals surface area (Å²) in [6.45, 7) is 0.787. The summed E-state index contributed by atoms with van der Waals surface area (Å²) in [5.41, 5.74) is 0.736. The van der Waals surface area contributed by atoms with Gasteiger partial charge in [-0.05, 0) is 12.1 Å². The molecule has 3 rings (SSSR count). The predicted molar refractivity (Wildman–Crippen MR) is 104 cm³/mol. The smallest absolute Gasteiger partial charge is 0.343 e. The highest BCUT2D eigenvalue weighted by atomic mass is 32.2. The van der Waals surface area contributed by atoms with E-state index in [1.165, 1.54) is 7.11 Å². The van der Waals surface area contributed by atoms with Crippen molar-refractivity contribution in [1.29, 1.82) is 0 Å². The number of esters is 1. The van der Waals surface area contributed by atoms with Crippen molar-refractivity contribution in [1.82, 2.24) is 5.32 Å². The molecule has 7 heteroatoms. The second kappa shape index (κ2) is 8.91. The zero-order valence-electron chi connectivity index (χ0n) is 14.6. The number of thioether (sulfide) groups is 1. The molecule has 0 aliphatic carbocycles. The Balaban J connectivity index is 1.74. The molecule has 0 radical (unpaired) electrons. The van der Waals surface area contributed by atoms with E-state index in [2.05, 4.69) is 15.4 Å². The SMILES string of the molecule is COC(=O)COc1ccc(NC(=O)CC2CSCCN2)c2ccccc12. The number of anilines is 1. The first-order valence-electron chi connectivity index (χ1n) is 8.49. The largest absolute Gasteiger partial charge is 0.481 e. The molecule has 0 bridgehead atoms. The number of ether oxygens (including phenoxy) is 2.